The van der Waals surface area contributed by atoms with E-state index in [4.69, 9.17) is 4.74 Å². The number of hydrogen-bond acceptors (Lipinski definition) is 2. The minimum Gasteiger partial charge on any atom is -0.496 e. The van der Waals surface area contributed by atoms with Crippen LogP contribution in [-0.2, 0) is 6.54 Å². The van der Waals surface area contributed by atoms with Crippen LogP contribution in [0.1, 0.15) is 19.4 Å². The van der Waals surface area contributed by atoms with Crippen LogP contribution >= 0.6 is 15.9 Å². The first-order chi connectivity index (χ1) is 7.69. The third-order valence-corrected chi connectivity index (χ3v) is 3.93. The highest BCUT2D eigenvalue weighted by Gasteiger charge is 2.10. The van der Waals surface area contributed by atoms with Gasteiger partial charge < -0.3 is 10.1 Å². The molecule has 2 unspecified atom stereocenters. The van der Waals surface area contributed by atoms with Crippen molar-refractivity contribution in [1.82, 2.24) is 5.32 Å². The van der Waals surface area contributed by atoms with E-state index in [0.717, 1.165) is 17.6 Å². The predicted octanol–water partition coefficient (Wildman–Crippen LogP) is 3.20. The maximum Gasteiger partial charge on any atom is 0.123 e. The van der Waals surface area contributed by atoms with Crippen molar-refractivity contribution in [1.29, 1.82) is 0 Å². The molecule has 3 heteroatoms. The van der Waals surface area contributed by atoms with Gasteiger partial charge in [-0.25, -0.2) is 0 Å². The third-order valence-electron chi connectivity index (χ3n) is 2.90. The SMILES string of the molecule is COc1ccccc1CNC(C)C(C)CBr. The van der Waals surface area contributed by atoms with Gasteiger partial charge in [-0.15, -0.1) is 0 Å². The zero-order valence-electron chi connectivity index (χ0n) is 10.2. The van der Waals surface area contributed by atoms with Gasteiger partial charge in [0.1, 0.15) is 5.75 Å². The van der Waals surface area contributed by atoms with E-state index in [2.05, 4.69) is 41.2 Å². The smallest absolute Gasteiger partial charge is 0.123 e. The molecule has 1 aromatic rings. The van der Waals surface area contributed by atoms with Crippen molar-refractivity contribution in [2.75, 3.05) is 12.4 Å². The summed E-state index contributed by atoms with van der Waals surface area (Å²) in [6, 6.07) is 8.61. The van der Waals surface area contributed by atoms with Crippen LogP contribution in [0.5, 0.6) is 5.75 Å². The van der Waals surface area contributed by atoms with Gasteiger partial charge in [0.25, 0.3) is 0 Å². The number of halogens is 1. The first-order valence-corrected chi connectivity index (χ1v) is 6.72. The lowest BCUT2D eigenvalue weighted by atomic mass is 10.1. The second-order valence-electron chi connectivity index (χ2n) is 4.11. The summed E-state index contributed by atoms with van der Waals surface area (Å²) in [6.45, 7) is 5.29. The molecule has 1 aromatic carbocycles. The largest absolute Gasteiger partial charge is 0.496 e. The molecule has 0 radical (unpaired) electrons. The molecule has 0 aliphatic rings. The second-order valence-corrected chi connectivity index (χ2v) is 4.76. The Hall–Kier alpha value is -0.540. The summed E-state index contributed by atoms with van der Waals surface area (Å²) >= 11 is 3.51. The molecule has 0 aromatic heterocycles. The Balaban J connectivity index is 2.54. The Morgan fingerprint density at radius 1 is 1.31 bits per heavy atom. The van der Waals surface area contributed by atoms with Crippen molar-refractivity contribution in [3.8, 4) is 5.75 Å². The summed E-state index contributed by atoms with van der Waals surface area (Å²) in [5.74, 6) is 1.57. The monoisotopic (exact) mass is 285 g/mol. The van der Waals surface area contributed by atoms with E-state index < -0.39 is 0 Å². The molecular weight excluding hydrogens is 266 g/mol. The maximum absolute atomic E-state index is 5.32. The van der Waals surface area contributed by atoms with Crippen LogP contribution in [0.2, 0.25) is 0 Å². The van der Waals surface area contributed by atoms with E-state index in [0.29, 0.717) is 12.0 Å². The molecule has 0 saturated carbocycles. The molecular formula is C13H20BrNO. The summed E-state index contributed by atoms with van der Waals surface area (Å²) in [5.41, 5.74) is 1.21. The van der Waals surface area contributed by atoms with Crippen LogP contribution < -0.4 is 10.1 Å². The molecule has 1 rings (SSSR count). The number of benzene rings is 1. The Kier molecular flexibility index (Phi) is 5.85. The standard InChI is InChI=1S/C13H20BrNO/c1-10(8-14)11(2)15-9-12-6-4-5-7-13(12)16-3/h4-7,10-11,15H,8-9H2,1-3H3. The van der Waals surface area contributed by atoms with Crippen molar-refractivity contribution < 1.29 is 4.74 Å². The van der Waals surface area contributed by atoms with Gasteiger partial charge in [0.2, 0.25) is 0 Å². The summed E-state index contributed by atoms with van der Waals surface area (Å²) in [5, 5.41) is 4.54. The summed E-state index contributed by atoms with van der Waals surface area (Å²) < 4.78 is 5.32. The second kappa shape index (κ2) is 6.92. The van der Waals surface area contributed by atoms with E-state index in [1.54, 1.807) is 7.11 Å². The van der Waals surface area contributed by atoms with Gasteiger partial charge in [-0.1, -0.05) is 41.1 Å². The van der Waals surface area contributed by atoms with E-state index in [9.17, 15) is 0 Å². The van der Waals surface area contributed by atoms with Crippen LogP contribution in [0, 0.1) is 5.92 Å². The minimum atomic E-state index is 0.490. The predicted molar refractivity (Wildman–Crippen MR) is 72.3 cm³/mol. The first kappa shape index (κ1) is 13.5. The lowest BCUT2D eigenvalue weighted by Gasteiger charge is -2.20. The van der Waals surface area contributed by atoms with Crippen molar-refractivity contribution in [3.63, 3.8) is 0 Å². The van der Waals surface area contributed by atoms with E-state index in [-0.39, 0.29) is 0 Å². The minimum absolute atomic E-state index is 0.490. The molecule has 0 saturated heterocycles. The number of ether oxygens (including phenoxy) is 1. The van der Waals surface area contributed by atoms with Gasteiger partial charge in [-0.2, -0.15) is 0 Å². The van der Waals surface area contributed by atoms with Crippen molar-refractivity contribution in [3.05, 3.63) is 29.8 Å². The quantitative estimate of drug-likeness (QED) is 0.811. The van der Waals surface area contributed by atoms with Crippen molar-refractivity contribution in [2.24, 2.45) is 5.92 Å². The topological polar surface area (TPSA) is 21.3 Å². The number of rotatable bonds is 6. The first-order valence-electron chi connectivity index (χ1n) is 5.60. The molecule has 0 aliphatic carbocycles. The summed E-state index contributed by atoms with van der Waals surface area (Å²) in [4.78, 5) is 0. The van der Waals surface area contributed by atoms with Crippen molar-refractivity contribution >= 4 is 15.9 Å². The van der Waals surface area contributed by atoms with Gasteiger partial charge in [-0.3, -0.25) is 0 Å². The van der Waals surface area contributed by atoms with Crippen LogP contribution in [0.15, 0.2) is 24.3 Å². The van der Waals surface area contributed by atoms with Crippen molar-refractivity contribution in [2.45, 2.75) is 26.4 Å². The van der Waals surface area contributed by atoms with Gasteiger partial charge in [0, 0.05) is 23.5 Å². The normalized spacial score (nSPS) is 14.5. The molecule has 0 aliphatic heterocycles. The number of hydrogen-bond donors (Lipinski definition) is 1. The third kappa shape index (κ3) is 3.80. The van der Waals surface area contributed by atoms with Gasteiger partial charge in [-0.05, 0) is 18.9 Å². The average molecular weight is 286 g/mol. The molecule has 0 fully saturated rings. The zero-order chi connectivity index (χ0) is 12.0. The van der Waals surface area contributed by atoms with Crippen LogP contribution in [0.4, 0.5) is 0 Å². The fourth-order valence-corrected chi connectivity index (χ4v) is 2.02. The average Bonchev–Trinajstić information content (AvgIpc) is 2.35. The molecule has 1 N–H and O–H groups in total. The Labute approximate surface area is 107 Å². The molecule has 16 heavy (non-hydrogen) atoms. The number of para-hydroxylation sites is 1. The maximum atomic E-state index is 5.32. The summed E-state index contributed by atoms with van der Waals surface area (Å²) in [6.07, 6.45) is 0. The molecule has 0 bridgehead atoms. The van der Waals surface area contributed by atoms with Crippen LogP contribution in [-0.4, -0.2) is 18.5 Å². The number of alkyl halides is 1. The fourth-order valence-electron chi connectivity index (χ4n) is 1.45. The molecule has 90 valence electrons. The van der Waals surface area contributed by atoms with Gasteiger partial charge in [0.15, 0.2) is 0 Å². The van der Waals surface area contributed by atoms with E-state index >= 15 is 0 Å². The lowest BCUT2D eigenvalue weighted by molar-refractivity contribution is 0.397. The Bertz CT molecular complexity index is 317. The molecule has 0 spiro atoms. The molecule has 0 heterocycles. The summed E-state index contributed by atoms with van der Waals surface area (Å²) in [7, 11) is 1.71. The van der Waals surface area contributed by atoms with Crippen LogP contribution in [0.3, 0.4) is 0 Å². The number of nitrogens with one attached hydrogen (secondary N) is 1. The van der Waals surface area contributed by atoms with Gasteiger partial charge in [0.05, 0.1) is 7.11 Å². The lowest BCUT2D eigenvalue weighted by Crippen LogP contribution is -2.32. The van der Waals surface area contributed by atoms with Crippen LogP contribution in [0.25, 0.3) is 0 Å². The Morgan fingerprint density at radius 3 is 2.62 bits per heavy atom. The molecule has 0 amide bonds. The molecule has 2 nitrogen and oxygen atoms in total. The zero-order valence-corrected chi connectivity index (χ0v) is 11.8. The number of methoxy groups -OCH3 is 1. The molecule has 2 atom stereocenters. The Morgan fingerprint density at radius 2 is 2.00 bits per heavy atom. The van der Waals surface area contributed by atoms with E-state index in [1.807, 2.05) is 18.2 Å². The van der Waals surface area contributed by atoms with E-state index in [1.165, 1.54) is 5.56 Å². The fraction of sp³-hybridized carbons (Fsp3) is 0.538. The highest BCUT2D eigenvalue weighted by Crippen LogP contribution is 2.17. The highest BCUT2D eigenvalue weighted by atomic mass is 79.9. The highest BCUT2D eigenvalue weighted by molar-refractivity contribution is 9.09. The van der Waals surface area contributed by atoms with Gasteiger partial charge >= 0.3 is 0 Å².